The first-order chi connectivity index (χ1) is 28.4. The van der Waals surface area contributed by atoms with E-state index < -0.39 is 30.3 Å². The summed E-state index contributed by atoms with van der Waals surface area (Å²) in [5, 5.41) is 0. The molecule has 1 aliphatic heterocycles. The maximum absolute atomic E-state index is 17.2. The molecule has 58 heavy (non-hydrogen) atoms. The number of hydrogen-bond donors (Lipinski definition) is 0. The van der Waals surface area contributed by atoms with E-state index in [0.717, 1.165) is 44.7 Å². The summed E-state index contributed by atoms with van der Waals surface area (Å²) in [5.41, 5.74) is 7.08. The van der Waals surface area contributed by atoms with Gasteiger partial charge in [-0.25, -0.2) is 8.78 Å². The van der Waals surface area contributed by atoms with Crippen LogP contribution in [0.4, 0.5) is 8.78 Å². The molecule has 6 aromatic rings. The Morgan fingerprint density at radius 2 is 1.12 bits per heavy atom. The van der Waals surface area contributed by atoms with Gasteiger partial charge in [-0.1, -0.05) is 133 Å². The molecule has 8 heteroatoms. The fraction of sp³-hybridized carbons (Fsp3) is 0.280. The fourth-order valence-electron chi connectivity index (χ4n) is 7.18. The third-order valence-electron chi connectivity index (χ3n) is 10.3. The van der Waals surface area contributed by atoms with E-state index in [1.807, 2.05) is 172 Å². The molecule has 0 aromatic heterocycles. The third kappa shape index (κ3) is 10.6. The van der Waals surface area contributed by atoms with Crippen molar-refractivity contribution in [3.63, 3.8) is 0 Å². The van der Waals surface area contributed by atoms with Crippen molar-refractivity contribution in [2.45, 2.75) is 77.0 Å². The van der Waals surface area contributed by atoms with E-state index in [4.69, 9.17) is 28.4 Å². The number of aryl methyl sites for hydroxylation is 1. The molecule has 4 atom stereocenters. The first-order valence-electron chi connectivity index (χ1n) is 19.8. The molecule has 6 nitrogen and oxygen atoms in total. The molecule has 0 bridgehead atoms. The molecule has 6 aromatic carbocycles. The Bertz CT molecular complexity index is 2130. The van der Waals surface area contributed by atoms with Gasteiger partial charge in [0.25, 0.3) is 0 Å². The van der Waals surface area contributed by atoms with Gasteiger partial charge in [-0.05, 0) is 83.5 Å². The van der Waals surface area contributed by atoms with E-state index >= 15 is 8.78 Å². The van der Waals surface area contributed by atoms with Crippen molar-refractivity contribution in [3.8, 4) is 11.5 Å². The molecule has 0 unspecified atom stereocenters. The molecule has 1 heterocycles. The van der Waals surface area contributed by atoms with Gasteiger partial charge in [0.05, 0.1) is 33.0 Å². The molecule has 0 amide bonds. The lowest BCUT2D eigenvalue weighted by Crippen LogP contribution is -2.61. The molecule has 0 aliphatic carbocycles. The van der Waals surface area contributed by atoms with Gasteiger partial charge >= 0.3 is 5.92 Å². The second-order valence-corrected chi connectivity index (χ2v) is 14.5. The number of rotatable bonds is 18. The van der Waals surface area contributed by atoms with E-state index in [9.17, 15) is 0 Å². The van der Waals surface area contributed by atoms with Crippen LogP contribution in [0.25, 0.3) is 0 Å². The van der Waals surface area contributed by atoms with E-state index in [2.05, 4.69) is 0 Å². The molecule has 300 valence electrons. The molecule has 0 N–H and O–H groups in total. The summed E-state index contributed by atoms with van der Waals surface area (Å²) in [5.74, 6) is -2.19. The van der Waals surface area contributed by atoms with E-state index in [0.29, 0.717) is 24.3 Å². The highest BCUT2D eigenvalue weighted by atomic mass is 19.3. The molecule has 1 aliphatic rings. The molecule has 7 rings (SSSR count). The highest BCUT2D eigenvalue weighted by Gasteiger charge is 2.60. The van der Waals surface area contributed by atoms with Crippen LogP contribution >= 0.6 is 0 Å². The van der Waals surface area contributed by atoms with Crippen molar-refractivity contribution >= 4 is 0 Å². The molecule has 1 fully saturated rings. The summed E-state index contributed by atoms with van der Waals surface area (Å²) in [6, 6.07) is 50.2. The smallest absolute Gasteiger partial charge is 0.304 e. The van der Waals surface area contributed by atoms with E-state index in [1.165, 1.54) is 0 Å². The van der Waals surface area contributed by atoms with Gasteiger partial charge in [0.1, 0.15) is 36.4 Å². The molecule has 0 saturated carbocycles. The van der Waals surface area contributed by atoms with Crippen molar-refractivity contribution in [1.82, 2.24) is 0 Å². The highest BCUT2D eigenvalue weighted by molar-refractivity contribution is 5.47. The van der Waals surface area contributed by atoms with Crippen LogP contribution < -0.4 is 9.47 Å². The molecular weight excluding hydrogens is 735 g/mol. The summed E-state index contributed by atoms with van der Waals surface area (Å²) >= 11 is 0. The van der Waals surface area contributed by atoms with Crippen LogP contribution in [0.5, 0.6) is 11.5 Å². The van der Waals surface area contributed by atoms with Gasteiger partial charge in [0.2, 0.25) is 0 Å². The zero-order valence-electron chi connectivity index (χ0n) is 33.0. The average Bonchev–Trinajstić information content (AvgIpc) is 3.25. The number of halogens is 2. The SMILES string of the molecule is CCOc1ccc(Cc2cc([C@@H]3O[C@H](COCc4ccccc4)C(F)(F)[C@H](OCc4ccccc4)[C@H]3OCc3ccccc3)c(OCc3ccccc3)cc2C)cc1. The average molecular weight is 785 g/mol. The summed E-state index contributed by atoms with van der Waals surface area (Å²) in [6.45, 7) is 4.62. The lowest BCUT2D eigenvalue weighted by Gasteiger charge is -2.46. The summed E-state index contributed by atoms with van der Waals surface area (Å²) in [7, 11) is 0. The highest BCUT2D eigenvalue weighted by Crippen LogP contribution is 2.47. The predicted molar refractivity (Wildman–Crippen MR) is 221 cm³/mol. The second-order valence-electron chi connectivity index (χ2n) is 14.5. The third-order valence-corrected chi connectivity index (χ3v) is 10.3. The zero-order valence-corrected chi connectivity index (χ0v) is 33.0. The lowest BCUT2D eigenvalue weighted by atomic mass is 9.87. The van der Waals surface area contributed by atoms with Gasteiger partial charge in [-0.15, -0.1) is 0 Å². The number of ether oxygens (including phenoxy) is 6. The van der Waals surface area contributed by atoms with Gasteiger partial charge in [-0.3, -0.25) is 0 Å². The standard InChI is InChI=1S/C50H50F2O6/c1-3-54-43-26-24-37(25-27-43)29-42-30-44(45(28-36(42)2)55-32-39-18-10-5-11-19-39)47-48(56-33-40-20-12-6-13-21-40)49(57-34-41-22-14-7-15-23-41)50(51,52)46(58-47)35-53-31-38-16-8-4-9-17-38/h4-28,30,46-49H,3,29,31-35H2,1-2H3/t46-,47+,48+,49-/m1/s1. The van der Waals surface area contributed by atoms with Crippen molar-refractivity contribution in [1.29, 1.82) is 0 Å². The maximum Gasteiger partial charge on any atom is 0.304 e. The van der Waals surface area contributed by atoms with Gasteiger partial charge in [0, 0.05) is 5.56 Å². The van der Waals surface area contributed by atoms with Crippen molar-refractivity contribution in [3.05, 3.63) is 202 Å². The normalized spacial score (nSPS) is 18.8. The van der Waals surface area contributed by atoms with Gasteiger partial charge < -0.3 is 28.4 Å². The summed E-state index contributed by atoms with van der Waals surface area (Å²) in [6.07, 6.45) is -5.07. The predicted octanol–water partition coefficient (Wildman–Crippen LogP) is 11.0. The minimum Gasteiger partial charge on any atom is -0.494 e. The topological polar surface area (TPSA) is 55.4 Å². The Morgan fingerprint density at radius 1 is 0.586 bits per heavy atom. The van der Waals surface area contributed by atoms with Crippen LogP contribution in [0.15, 0.2) is 158 Å². The summed E-state index contributed by atoms with van der Waals surface area (Å²) < 4.78 is 72.1. The number of alkyl halides is 2. The van der Waals surface area contributed by atoms with Crippen LogP contribution in [-0.4, -0.2) is 37.4 Å². The van der Waals surface area contributed by atoms with E-state index in [1.54, 1.807) is 0 Å². The van der Waals surface area contributed by atoms with Crippen molar-refractivity contribution < 1.29 is 37.2 Å². The minimum atomic E-state index is -3.51. The minimum absolute atomic E-state index is 0.0507. The quantitative estimate of drug-likeness (QED) is 0.0865. The largest absolute Gasteiger partial charge is 0.494 e. The maximum atomic E-state index is 17.2. The fourth-order valence-corrected chi connectivity index (χ4v) is 7.18. The van der Waals surface area contributed by atoms with Crippen LogP contribution in [0.3, 0.4) is 0 Å². The second kappa shape index (κ2) is 19.9. The van der Waals surface area contributed by atoms with Crippen molar-refractivity contribution in [2.75, 3.05) is 13.2 Å². The van der Waals surface area contributed by atoms with E-state index in [-0.39, 0.29) is 33.0 Å². The van der Waals surface area contributed by atoms with Crippen LogP contribution in [0.1, 0.15) is 57.5 Å². The van der Waals surface area contributed by atoms with Crippen LogP contribution in [-0.2, 0) is 51.8 Å². The Morgan fingerprint density at radius 3 is 1.69 bits per heavy atom. The first-order valence-corrected chi connectivity index (χ1v) is 19.8. The Hall–Kier alpha value is -5.38. The monoisotopic (exact) mass is 784 g/mol. The van der Waals surface area contributed by atoms with Gasteiger partial charge in [-0.2, -0.15) is 0 Å². The Kier molecular flexibility index (Phi) is 14.0. The lowest BCUT2D eigenvalue weighted by molar-refractivity contribution is -0.320. The number of hydrogen-bond acceptors (Lipinski definition) is 6. The zero-order chi connectivity index (χ0) is 40.2. The van der Waals surface area contributed by atoms with Crippen LogP contribution in [0, 0.1) is 6.92 Å². The molecular formula is C50H50F2O6. The molecule has 1 saturated heterocycles. The number of benzene rings is 6. The first kappa shape index (κ1) is 40.8. The van der Waals surface area contributed by atoms with Gasteiger partial charge in [0.15, 0.2) is 6.10 Å². The molecule has 0 radical (unpaired) electrons. The molecule has 0 spiro atoms. The van der Waals surface area contributed by atoms with Crippen molar-refractivity contribution in [2.24, 2.45) is 0 Å². The van der Waals surface area contributed by atoms with Crippen LogP contribution in [0.2, 0.25) is 0 Å². The summed E-state index contributed by atoms with van der Waals surface area (Å²) in [4.78, 5) is 0. The Labute approximate surface area is 340 Å². The Balaban J connectivity index is 1.30.